The molecule has 22 heavy (non-hydrogen) atoms. The molecular weight excluding hydrogens is 316 g/mol. The minimum atomic E-state index is -0.331. The van der Waals surface area contributed by atoms with Gasteiger partial charge in [-0.25, -0.2) is 0 Å². The summed E-state index contributed by atoms with van der Waals surface area (Å²) >= 11 is 6.32. The Morgan fingerprint density at radius 3 is 2.73 bits per heavy atom. The molecular formula is C16H12N2O2S2. The van der Waals surface area contributed by atoms with E-state index in [-0.39, 0.29) is 11.8 Å². The van der Waals surface area contributed by atoms with Crippen molar-refractivity contribution >= 4 is 57.0 Å². The van der Waals surface area contributed by atoms with Gasteiger partial charge in [-0.05, 0) is 34.6 Å². The molecule has 1 saturated heterocycles. The molecule has 3 rings (SSSR count). The van der Waals surface area contributed by atoms with Gasteiger partial charge in [0.15, 0.2) is 4.32 Å². The van der Waals surface area contributed by atoms with Crippen molar-refractivity contribution in [2.75, 3.05) is 0 Å². The fourth-order valence-corrected chi connectivity index (χ4v) is 3.41. The van der Waals surface area contributed by atoms with Crippen molar-refractivity contribution in [1.82, 2.24) is 10.4 Å². The van der Waals surface area contributed by atoms with Crippen LogP contribution in [0.5, 0.6) is 0 Å². The zero-order valence-electron chi connectivity index (χ0n) is 11.7. The molecule has 0 aliphatic carbocycles. The monoisotopic (exact) mass is 328 g/mol. The van der Waals surface area contributed by atoms with Gasteiger partial charge in [0.05, 0.1) is 4.91 Å². The second-order valence-electron chi connectivity index (χ2n) is 4.75. The molecule has 2 aromatic carbocycles. The second-order valence-corrected chi connectivity index (χ2v) is 6.43. The molecule has 0 saturated carbocycles. The lowest BCUT2D eigenvalue weighted by molar-refractivity contribution is -0.131. The summed E-state index contributed by atoms with van der Waals surface area (Å²) in [7, 11) is 0. The van der Waals surface area contributed by atoms with E-state index in [9.17, 15) is 9.59 Å². The Hall–Kier alpha value is -2.18. The van der Waals surface area contributed by atoms with E-state index >= 15 is 0 Å². The summed E-state index contributed by atoms with van der Waals surface area (Å²) in [5.74, 6) is -0.638. The third-order valence-corrected chi connectivity index (χ3v) is 4.48. The highest BCUT2D eigenvalue weighted by Gasteiger charge is 2.33. The van der Waals surface area contributed by atoms with E-state index in [1.807, 2.05) is 48.5 Å². The van der Waals surface area contributed by atoms with E-state index in [0.29, 0.717) is 9.23 Å². The maximum Gasteiger partial charge on any atom is 0.285 e. The average Bonchev–Trinajstić information content (AvgIpc) is 2.75. The Morgan fingerprint density at radius 1 is 1.23 bits per heavy atom. The molecule has 0 unspecified atom stereocenters. The molecule has 0 radical (unpaired) electrons. The summed E-state index contributed by atoms with van der Waals surface area (Å²) in [5, 5.41) is 3.28. The van der Waals surface area contributed by atoms with Crippen LogP contribution in [-0.4, -0.2) is 21.1 Å². The number of thioether (sulfide) groups is 1. The molecule has 0 bridgehead atoms. The number of nitrogens with zero attached hydrogens (tertiary/aromatic N) is 1. The fourth-order valence-electron chi connectivity index (χ4n) is 2.24. The lowest BCUT2D eigenvalue weighted by atomic mass is 10.0. The molecule has 0 spiro atoms. The smallest absolute Gasteiger partial charge is 0.274 e. The quantitative estimate of drug-likeness (QED) is 0.680. The van der Waals surface area contributed by atoms with Crippen LogP contribution in [0.1, 0.15) is 12.5 Å². The Labute approximate surface area is 137 Å². The van der Waals surface area contributed by atoms with Crippen LogP contribution in [0.25, 0.3) is 16.8 Å². The van der Waals surface area contributed by atoms with Crippen molar-refractivity contribution in [1.29, 1.82) is 0 Å². The first kappa shape index (κ1) is 14.7. The van der Waals surface area contributed by atoms with Crippen LogP contribution in [0.3, 0.4) is 0 Å². The van der Waals surface area contributed by atoms with Gasteiger partial charge in [0.25, 0.3) is 5.91 Å². The van der Waals surface area contributed by atoms with Crippen LogP contribution in [0.2, 0.25) is 0 Å². The van der Waals surface area contributed by atoms with Crippen molar-refractivity contribution in [2.24, 2.45) is 0 Å². The summed E-state index contributed by atoms with van der Waals surface area (Å²) in [6.45, 7) is 1.34. The Balaban J connectivity index is 2.00. The number of hydrazine groups is 1. The predicted octanol–water partition coefficient (Wildman–Crippen LogP) is 3.09. The first-order valence-electron chi connectivity index (χ1n) is 6.59. The molecule has 2 amide bonds. The number of thiocarbonyl (C=S) groups is 1. The number of fused-ring (bicyclic) bond motifs is 1. The minimum Gasteiger partial charge on any atom is -0.274 e. The Kier molecular flexibility index (Phi) is 3.96. The summed E-state index contributed by atoms with van der Waals surface area (Å²) in [6.07, 6.45) is 1.81. The number of rotatable bonds is 2. The zero-order valence-corrected chi connectivity index (χ0v) is 13.3. The van der Waals surface area contributed by atoms with Gasteiger partial charge in [0.1, 0.15) is 0 Å². The first-order valence-corrected chi connectivity index (χ1v) is 7.81. The fraction of sp³-hybridized carbons (Fsp3) is 0.0625. The van der Waals surface area contributed by atoms with Crippen LogP contribution in [-0.2, 0) is 9.59 Å². The molecule has 6 heteroatoms. The second kappa shape index (κ2) is 5.90. The molecule has 0 atom stereocenters. The normalized spacial score (nSPS) is 16.6. The molecule has 4 nitrogen and oxygen atoms in total. The zero-order chi connectivity index (χ0) is 15.7. The van der Waals surface area contributed by atoms with E-state index in [1.165, 1.54) is 18.7 Å². The van der Waals surface area contributed by atoms with Gasteiger partial charge >= 0.3 is 0 Å². The lowest BCUT2D eigenvalue weighted by Crippen LogP contribution is -2.43. The SMILES string of the molecule is CC(=O)NN1C(=O)/C(=C\c2cccc3ccccc23)SC1=S. The molecule has 1 fully saturated rings. The van der Waals surface area contributed by atoms with Crippen LogP contribution in [0.4, 0.5) is 0 Å². The highest BCUT2D eigenvalue weighted by atomic mass is 32.2. The number of nitrogens with one attached hydrogen (secondary N) is 1. The summed E-state index contributed by atoms with van der Waals surface area (Å²) in [5.41, 5.74) is 3.38. The van der Waals surface area contributed by atoms with Gasteiger partial charge in [-0.2, -0.15) is 5.01 Å². The van der Waals surface area contributed by atoms with E-state index in [1.54, 1.807) is 0 Å². The number of benzene rings is 2. The molecule has 110 valence electrons. The van der Waals surface area contributed by atoms with Gasteiger partial charge in [0.2, 0.25) is 5.91 Å². The first-order chi connectivity index (χ1) is 10.6. The van der Waals surface area contributed by atoms with E-state index in [2.05, 4.69) is 5.43 Å². The Morgan fingerprint density at radius 2 is 1.95 bits per heavy atom. The maximum atomic E-state index is 12.3. The van der Waals surface area contributed by atoms with E-state index in [0.717, 1.165) is 21.3 Å². The van der Waals surface area contributed by atoms with Crippen LogP contribution in [0.15, 0.2) is 47.4 Å². The number of carbonyl (C=O) groups is 2. The molecule has 0 aromatic heterocycles. The average molecular weight is 328 g/mol. The minimum absolute atomic E-state index is 0.307. The van der Waals surface area contributed by atoms with Crippen molar-refractivity contribution < 1.29 is 9.59 Å². The number of carbonyl (C=O) groups excluding carboxylic acids is 2. The third-order valence-electron chi connectivity index (χ3n) is 3.17. The molecule has 1 aliphatic rings. The summed E-state index contributed by atoms with van der Waals surface area (Å²) in [4.78, 5) is 24.0. The van der Waals surface area contributed by atoms with Crippen molar-refractivity contribution in [3.63, 3.8) is 0 Å². The van der Waals surface area contributed by atoms with E-state index < -0.39 is 0 Å². The largest absolute Gasteiger partial charge is 0.285 e. The number of hydrogen-bond donors (Lipinski definition) is 1. The highest BCUT2D eigenvalue weighted by molar-refractivity contribution is 8.26. The Bertz CT molecular complexity index is 825. The summed E-state index contributed by atoms with van der Waals surface area (Å²) in [6, 6.07) is 13.9. The lowest BCUT2D eigenvalue weighted by Gasteiger charge is -2.13. The standard InChI is InChI=1S/C16H12N2O2S2/c1-10(19)17-18-15(20)14(22-16(18)21)9-12-7-4-6-11-5-2-3-8-13(11)12/h2-9H,1H3,(H,17,19)/b14-9+. The topological polar surface area (TPSA) is 49.4 Å². The highest BCUT2D eigenvalue weighted by Crippen LogP contribution is 2.32. The number of hydrogen-bond acceptors (Lipinski definition) is 4. The molecule has 1 N–H and O–H groups in total. The molecule has 1 heterocycles. The van der Waals surface area contributed by atoms with Gasteiger partial charge in [-0.3, -0.25) is 15.0 Å². The van der Waals surface area contributed by atoms with Crippen molar-refractivity contribution in [3.05, 3.63) is 52.9 Å². The van der Waals surface area contributed by atoms with Crippen LogP contribution < -0.4 is 5.43 Å². The van der Waals surface area contributed by atoms with Gasteiger partial charge in [-0.1, -0.05) is 54.2 Å². The summed E-state index contributed by atoms with van der Waals surface area (Å²) < 4.78 is 0.326. The predicted molar refractivity (Wildman–Crippen MR) is 92.8 cm³/mol. The molecule has 2 aromatic rings. The van der Waals surface area contributed by atoms with Gasteiger partial charge < -0.3 is 0 Å². The van der Waals surface area contributed by atoms with Gasteiger partial charge in [-0.15, -0.1) is 0 Å². The van der Waals surface area contributed by atoms with Crippen molar-refractivity contribution in [2.45, 2.75) is 6.92 Å². The maximum absolute atomic E-state index is 12.3. The van der Waals surface area contributed by atoms with Gasteiger partial charge in [0, 0.05) is 6.92 Å². The van der Waals surface area contributed by atoms with E-state index in [4.69, 9.17) is 12.2 Å². The molecule has 1 aliphatic heterocycles. The van der Waals surface area contributed by atoms with Crippen LogP contribution >= 0.6 is 24.0 Å². The number of amides is 2. The van der Waals surface area contributed by atoms with Crippen LogP contribution in [0, 0.1) is 0 Å². The third kappa shape index (κ3) is 2.75. The van der Waals surface area contributed by atoms with Crippen molar-refractivity contribution in [3.8, 4) is 0 Å².